The van der Waals surface area contributed by atoms with Crippen molar-refractivity contribution in [1.29, 1.82) is 0 Å². The minimum Gasteiger partial charge on any atom is -0.450 e. The molecule has 0 aromatic heterocycles. The molecule has 0 unspecified atom stereocenters. The van der Waals surface area contributed by atoms with Gasteiger partial charge in [0.15, 0.2) is 24.3 Å². The van der Waals surface area contributed by atoms with E-state index in [1.165, 1.54) is 7.11 Å². The van der Waals surface area contributed by atoms with E-state index in [2.05, 4.69) is 0 Å². The number of carbonyl (C=O) groups excluding carboxylic acids is 1. The Kier molecular flexibility index (Phi) is 4.85. The van der Waals surface area contributed by atoms with Gasteiger partial charge in [0, 0.05) is 12.7 Å². The molecule has 3 aliphatic heterocycles. The van der Waals surface area contributed by atoms with Gasteiger partial charge in [0.2, 0.25) is 0 Å². The van der Waals surface area contributed by atoms with Crippen molar-refractivity contribution in [2.24, 2.45) is 0 Å². The lowest BCUT2D eigenvalue weighted by Gasteiger charge is -2.47. The second kappa shape index (κ2) is 7.51. The van der Waals surface area contributed by atoms with Crippen molar-refractivity contribution in [1.82, 2.24) is 0 Å². The lowest BCUT2D eigenvalue weighted by atomic mass is 9.88. The highest BCUT2D eigenvalue weighted by atomic mass is 16.8. The molecular weight excluding hydrogens is 376 g/mol. The summed E-state index contributed by atoms with van der Waals surface area (Å²) in [6.07, 6.45) is -2.88. The quantitative estimate of drug-likeness (QED) is 0.578. The summed E-state index contributed by atoms with van der Waals surface area (Å²) in [6.45, 7) is 0.722. The predicted octanol–water partition coefficient (Wildman–Crippen LogP) is 2.47. The first-order valence-corrected chi connectivity index (χ1v) is 9.61. The van der Waals surface area contributed by atoms with Crippen LogP contribution in [-0.4, -0.2) is 56.5 Å². The molecule has 1 spiro atoms. The molecule has 3 heterocycles. The Morgan fingerprint density at radius 3 is 2.38 bits per heavy atom. The molecule has 7 heteroatoms. The third-order valence-corrected chi connectivity index (χ3v) is 5.56. The van der Waals surface area contributed by atoms with Gasteiger partial charge in [-0.25, -0.2) is 4.79 Å². The highest BCUT2D eigenvalue weighted by Crippen LogP contribution is 2.49. The molecule has 3 fully saturated rings. The maximum atomic E-state index is 12.7. The Morgan fingerprint density at radius 1 is 1.03 bits per heavy atom. The van der Waals surface area contributed by atoms with Crippen molar-refractivity contribution < 1.29 is 33.2 Å². The number of ether oxygens (including phenoxy) is 6. The number of hydrogen-bond donors (Lipinski definition) is 0. The summed E-state index contributed by atoms with van der Waals surface area (Å²) >= 11 is 0. The smallest absolute Gasteiger partial charge is 0.338 e. The molecule has 3 aliphatic rings. The van der Waals surface area contributed by atoms with Crippen LogP contribution >= 0.6 is 0 Å². The Morgan fingerprint density at radius 2 is 1.72 bits per heavy atom. The van der Waals surface area contributed by atoms with Gasteiger partial charge in [-0.3, -0.25) is 0 Å². The zero-order valence-corrected chi connectivity index (χ0v) is 15.9. The van der Waals surface area contributed by atoms with Crippen LogP contribution in [0.15, 0.2) is 60.7 Å². The van der Waals surface area contributed by atoms with Gasteiger partial charge in [-0.1, -0.05) is 48.5 Å². The first-order valence-electron chi connectivity index (χ1n) is 9.61. The van der Waals surface area contributed by atoms with Crippen LogP contribution in [0.3, 0.4) is 0 Å². The van der Waals surface area contributed by atoms with Crippen molar-refractivity contribution in [3.8, 4) is 0 Å². The third kappa shape index (κ3) is 3.35. The minimum absolute atomic E-state index is 0.328. The van der Waals surface area contributed by atoms with Gasteiger partial charge in [-0.15, -0.1) is 0 Å². The second-order valence-electron chi connectivity index (χ2n) is 7.35. The molecular formula is C22H22O7. The van der Waals surface area contributed by atoms with Crippen LogP contribution < -0.4 is 0 Å². The van der Waals surface area contributed by atoms with Crippen molar-refractivity contribution >= 4 is 5.97 Å². The highest BCUT2D eigenvalue weighted by molar-refractivity contribution is 5.89. The monoisotopic (exact) mass is 398 g/mol. The van der Waals surface area contributed by atoms with E-state index in [0.29, 0.717) is 18.8 Å². The van der Waals surface area contributed by atoms with Gasteiger partial charge in [0.25, 0.3) is 0 Å². The van der Waals surface area contributed by atoms with Crippen LogP contribution in [0.2, 0.25) is 0 Å². The van der Waals surface area contributed by atoms with Gasteiger partial charge in [-0.05, 0) is 12.1 Å². The van der Waals surface area contributed by atoms with Gasteiger partial charge in [-0.2, -0.15) is 0 Å². The van der Waals surface area contributed by atoms with Crippen LogP contribution in [0.25, 0.3) is 0 Å². The second-order valence-corrected chi connectivity index (χ2v) is 7.35. The zero-order valence-electron chi connectivity index (χ0n) is 15.9. The normalized spacial score (nSPS) is 35.7. The predicted molar refractivity (Wildman–Crippen MR) is 100 cm³/mol. The fourth-order valence-electron chi connectivity index (χ4n) is 3.99. The number of epoxide rings is 1. The average molecular weight is 398 g/mol. The van der Waals surface area contributed by atoms with Crippen molar-refractivity contribution in [2.75, 3.05) is 20.3 Å². The SMILES string of the molecule is CO[C@H]1O[C@@H]2CO[C@@H](c3ccccc3)O[C@H]2[C@@]2(CO2)[C@H]1OC(=O)c1ccccc1. The Bertz CT molecular complexity index is 852. The van der Waals surface area contributed by atoms with Crippen LogP contribution in [-0.2, 0) is 28.4 Å². The molecule has 2 aromatic rings. The molecule has 3 saturated heterocycles. The number of esters is 1. The van der Waals surface area contributed by atoms with Crippen LogP contribution in [0, 0.1) is 0 Å². The molecule has 6 atom stereocenters. The van der Waals surface area contributed by atoms with Crippen LogP contribution in [0.4, 0.5) is 0 Å². The summed E-state index contributed by atoms with van der Waals surface area (Å²) in [5.74, 6) is -0.457. The fraction of sp³-hybridized carbons (Fsp3) is 0.409. The van der Waals surface area contributed by atoms with Crippen LogP contribution in [0.1, 0.15) is 22.2 Å². The molecule has 5 rings (SSSR count). The maximum absolute atomic E-state index is 12.7. The Hall–Kier alpha value is -2.29. The van der Waals surface area contributed by atoms with E-state index in [-0.39, 0.29) is 6.10 Å². The van der Waals surface area contributed by atoms with Gasteiger partial charge >= 0.3 is 5.97 Å². The number of rotatable bonds is 4. The number of fused-ring (bicyclic) bond motifs is 2. The lowest BCUT2D eigenvalue weighted by molar-refractivity contribution is -0.351. The van der Waals surface area contributed by atoms with Crippen molar-refractivity contribution in [2.45, 2.75) is 36.5 Å². The number of hydrogen-bond acceptors (Lipinski definition) is 7. The molecule has 0 amide bonds. The minimum atomic E-state index is -0.815. The molecule has 152 valence electrons. The molecule has 0 bridgehead atoms. The molecule has 7 nitrogen and oxygen atoms in total. The first-order chi connectivity index (χ1) is 14.2. The van der Waals surface area contributed by atoms with Crippen molar-refractivity contribution in [3.05, 3.63) is 71.8 Å². The lowest BCUT2D eigenvalue weighted by Crippen LogP contribution is -2.65. The zero-order chi connectivity index (χ0) is 19.8. The van der Waals surface area contributed by atoms with E-state index in [9.17, 15) is 4.79 Å². The maximum Gasteiger partial charge on any atom is 0.338 e. The summed E-state index contributed by atoms with van der Waals surface area (Å²) in [7, 11) is 1.52. The largest absolute Gasteiger partial charge is 0.450 e. The topological polar surface area (TPSA) is 75.8 Å². The standard InChI is InChI=1S/C22H22O7/c1-24-21-18(28-19(23)14-8-4-2-5-9-14)22(13-26-22)17-16(27-21)12-25-20(29-17)15-10-6-3-7-11-15/h2-11,16-18,20-21H,12-13H2,1H3/t16-,17-,18+,20-,21+,22+/m1/s1. The number of benzene rings is 2. The van der Waals surface area contributed by atoms with E-state index in [1.54, 1.807) is 24.3 Å². The summed E-state index contributed by atoms with van der Waals surface area (Å²) in [5.41, 5.74) is 0.550. The molecule has 0 radical (unpaired) electrons. The molecule has 0 aliphatic carbocycles. The van der Waals surface area contributed by atoms with Crippen LogP contribution in [0.5, 0.6) is 0 Å². The van der Waals surface area contributed by atoms with Gasteiger partial charge < -0.3 is 28.4 Å². The fourth-order valence-corrected chi connectivity index (χ4v) is 3.99. The van der Waals surface area contributed by atoms with E-state index < -0.39 is 36.4 Å². The molecule has 2 aromatic carbocycles. The Balaban J connectivity index is 1.39. The molecule has 0 saturated carbocycles. The first kappa shape index (κ1) is 18.7. The summed E-state index contributed by atoms with van der Waals surface area (Å²) in [4.78, 5) is 12.7. The average Bonchev–Trinajstić information content (AvgIpc) is 3.58. The molecule has 29 heavy (non-hydrogen) atoms. The number of methoxy groups -OCH3 is 1. The van der Waals surface area contributed by atoms with Gasteiger partial charge in [0.1, 0.15) is 12.2 Å². The highest BCUT2D eigenvalue weighted by Gasteiger charge is 2.69. The van der Waals surface area contributed by atoms with E-state index in [1.807, 2.05) is 36.4 Å². The van der Waals surface area contributed by atoms with Gasteiger partial charge in [0.05, 0.1) is 18.8 Å². The van der Waals surface area contributed by atoms with Crippen molar-refractivity contribution in [3.63, 3.8) is 0 Å². The van der Waals surface area contributed by atoms with E-state index in [0.717, 1.165) is 5.56 Å². The summed E-state index contributed by atoms with van der Waals surface area (Å²) in [5, 5.41) is 0. The summed E-state index contributed by atoms with van der Waals surface area (Å²) < 4.78 is 35.3. The summed E-state index contributed by atoms with van der Waals surface area (Å²) in [6, 6.07) is 18.5. The third-order valence-electron chi connectivity index (χ3n) is 5.56. The van der Waals surface area contributed by atoms with E-state index in [4.69, 9.17) is 28.4 Å². The number of carbonyl (C=O) groups is 1. The Labute approximate surface area is 168 Å². The van der Waals surface area contributed by atoms with E-state index >= 15 is 0 Å². The molecule has 0 N–H and O–H groups in total.